The van der Waals surface area contributed by atoms with E-state index in [-0.39, 0.29) is 6.04 Å². The maximum Gasteiger partial charge on any atom is 0.240 e. The minimum absolute atomic E-state index is 0.0396. The zero-order chi connectivity index (χ0) is 9.97. The third-order valence-corrected chi connectivity index (χ3v) is 2.52. The van der Waals surface area contributed by atoms with Gasteiger partial charge in [-0.2, -0.15) is 4.98 Å². The summed E-state index contributed by atoms with van der Waals surface area (Å²) in [7, 11) is 0. The van der Waals surface area contributed by atoms with Gasteiger partial charge in [0, 0.05) is 6.04 Å². The monoisotopic (exact) mass is 199 g/mol. The molecular formula is C9H14FN3O. The molecular weight excluding hydrogens is 185 g/mol. The van der Waals surface area contributed by atoms with Crippen LogP contribution in [0.3, 0.4) is 0 Å². The fourth-order valence-corrected chi connectivity index (χ4v) is 1.77. The summed E-state index contributed by atoms with van der Waals surface area (Å²) in [6, 6.07) is -0.0396. The zero-order valence-electron chi connectivity index (χ0n) is 8.16. The van der Waals surface area contributed by atoms with Gasteiger partial charge in [0.05, 0.1) is 6.54 Å². The van der Waals surface area contributed by atoms with Crippen molar-refractivity contribution in [2.45, 2.75) is 44.9 Å². The average Bonchev–Trinajstić information content (AvgIpc) is 2.72. The lowest BCUT2D eigenvalue weighted by atomic mass is 10.2. The van der Waals surface area contributed by atoms with E-state index >= 15 is 0 Å². The van der Waals surface area contributed by atoms with E-state index in [2.05, 4.69) is 15.5 Å². The largest absolute Gasteiger partial charge is 0.338 e. The molecule has 0 aromatic carbocycles. The standard InChI is InChI=1S/C9H14FN3O/c1-6-12-9(14-13-6)5-11-8-4-2-3-7(8)10/h7-8,11H,2-5H2,1H3. The van der Waals surface area contributed by atoms with Crippen LogP contribution in [0.2, 0.25) is 0 Å². The molecule has 0 radical (unpaired) electrons. The molecule has 1 saturated carbocycles. The van der Waals surface area contributed by atoms with Gasteiger partial charge in [-0.15, -0.1) is 0 Å². The SMILES string of the molecule is Cc1noc(CNC2CCCC2F)n1. The minimum Gasteiger partial charge on any atom is -0.338 e. The molecule has 0 bridgehead atoms. The van der Waals surface area contributed by atoms with Crippen LogP contribution in [0, 0.1) is 6.92 Å². The Morgan fingerprint density at radius 2 is 2.43 bits per heavy atom. The van der Waals surface area contributed by atoms with Gasteiger partial charge in [0.25, 0.3) is 0 Å². The summed E-state index contributed by atoms with van der Waals surface area (Å²) in [6.07, 6.45) is 1.80. The van der Waals surface area contributed by atoms with Gasteiger partial charge in [-0.1, -0.05) is 5.16 Å². The van der Waals surface area contributed by atoms with Crippen LogP contribution in [0.25, 0.3) is 0 Å². The first kappa shape index (κ1) is 9.58. The summed E-state index contributed by atoms with van der Waals surface area (Å²) in [4.78, 5) is 4.03. The first-order valence-corrected chi connectivity index (χ1v) is 4.92. The Kier molecular flexibility index (Phi) is 2.77. The maximum absolute atomic E-state index is 13.2. The van der Waals surface area contributed by atoms with E-state index in [1.165, 1.54) is 0 Å². The Morgan fingerprint density at radius 1 is 1.57 bits per heavy atom. The van der Waals surface area contributed by atoms with Gasteiger partial charge in [0.15, 0.2) is 5.82 Å². The van der Waals surface area contributed by atoms with Gasteiger partial charge in [0.2, 0.25) is 5.89 Å². The molecule has 1 heterocycles. The fraction of sp³-hybridized carbons (Fsp3) is 0.778. The topological polar surface area (TPSA) is 51.0 Å². The first-order chi connectivity index (χ1) is 6.75. The lowest BCUT2D eigenvalue weighted by Gasteiger charge is -2.12. The molecule has 1 aromatic heterocycles. The van der Waals surface area contributed by atoms with E-state index in [1.807, 2.05) is 0 Å². The van der Waals surface area contributed by atoms with E-state index in [0.29, 0.717) is 24.7 Å². The predicted octanol–water partition coefficient (Wildman–Crippen LogP) is 1.36. The van der Waals surface area contributed by atoms with Gasteiger partial charge < -0.3 is 9.84 Å². The molecule has 1 aliphatic rings. The lowest BCUT2D eigenvalue weighted by Crippen LogP contribution is -2.32. The van der Waals surface area contributed by atoms with E-state index in [0.717, 1.165) is 12.8 Å². The summed E-state index contributed by atoms with van der Waals surface area (Å²) in [5.41, 5.74) is 0. The van der Waals surface area contributed by atoms with Crippen molar-refractivity contribution in [1.82, 2.24) is 15.5 Å². The molecule has 0 saturated heterocycles. The number of hydrogen-bond donors (Lipinski definition) is 1. The molecule has 1 aliphatic carbocycles. The fourth-order valence-electron chi connectivity index (χ4n) is 1.77. The van der Waals surface area contributed by atoms with Gasteiger partial charge in [-0.25, -0.2) is 4.39 Å². The van der Waals surface area contributed by atoms with Gasteiger partial charge >= 0.3 is 0 Å². The third kappa shape index (κ3) is 2.09. The number of alkyl halides is 1. The van der Waals surface area contributed by atoms with Crippen LogP contribution >= 0.6 is 0 Å². The number of aryl methyl sites for hydroxylation is 1. The Labute approximate surface area is 81.9 Å². The zero-order valence-corrected chi connectivity index (χ0v) is 8.16. The Hall–Kier alpha value is -0.970. The van der Waals surface area contributed by atoms with Crippen molar-refractivity contribution in [2.24, 2.45) is 0 Å². The van der Waals surface area contributed by atoms with Crippen molar-refractivity contribution >= 4 is 0 Å². The molecule has 2 rings (SSSR count). The molecule has 0 spiro atoms. The number of rotatable bonds is 3. The van der Waals surface area contributed by atoms with Crippen LogP contribution in [0.1, 0.15) is 31.0 Å². The normalized spacial score (nSPS) is 27.0. The first-order valence-electron chi connectivity index (χ1n) is 4.92. The Balaban J connectivity index is 1.82. The highest BCUT2D eigenvalue weighted by Crippen LogP contribution is 2.22. The van der Waals surface area contributed by atoms with E-state index in [1.54, 1.807) is 6.92 Å². The molecule has 0 aliphatic heterocycles. The molecule has 1 N–H and O–H groups in total. The van der Waals surface area contributed by atoms with Crippen molar-refractivity contribution in [2.75, 3.05) is 0 Å². The van der Waals surface area contributed by atoms with Gasteiger partial charge in [-0.3, -0.25) is 0 Å². The van der Waals surface area contributed by atoms with Gasteiger partial charge in [0.1, 0.15) is 6.17 Å². The molecule has 1 aromatic rings. The maximum atomic E-state index is 13.2. The van der Waals surface area contributed by atoms with Crippen molar-refractivity contribution in [3.05, 3.63) is 11.7 Å². The van der Waals surface area contributed by atoms with Crippen LogP contribution in [0.15, 0.2) is 4.52 Å². The van der Waals surface area contributed by atoms with Crippen LogP contribution in [0.4, 0.5) is 4.39 Å². The molecule has 78 valence electrons. The van der Waals surface area contributed by atoms with Crippen LogP contribution < -0.4 is 5.32 Å². The van der Waals surface area contributed by atoms with Crippen LogP contribution in [-0.2, 0) is 6.54 Å². The summed E-state index contributed by atoms with van der Waals surface area (Å²) < 4.78 is 18.1. The Bertz CT molecular complexity index is 302. The second-order valence-corrected chi connectivity index (χ2v) is 3.67. The van der Waals surface area contributed by atoms with Crippen LogP contribution in [0.5, 0.6) is 0 Å². The van der Waals surface area contributed by atoms with Crippen molar-refractivity contribution in [3.63, 3.8) is 0 Å². The van der Waals surface area contributed by atoms with Crippen molar-refractivity contribution in [3.8, 4) is 0 Å². The quantitative estimate of drug-likeness (QED) is 0.798. The number of aromatic nitrogens is 2. The number of nitrogens with one attached hydrogen (secondary N) is 1. The highest BCUT2D eigenvalue weighted by atomic mass is 19.1. The van der Waals surface area contributed by atoms with E-state index in [9.17, 15) is 4.39 Å². The predicted molar refractivity (Wildman–Crippen MR) is 48.4 cm³/mol. The highest BCUT2D eigenvalue weighted by molar-refractivity contribution is 4.87. The second kappa shape index (κ2) is 4.04. The molecule has 2 atom stereocenters. The molecule has 5 heteroatoms. The highest BCUT2D eigenvalue weighted by Gasteiger charge is 2.26. The second-order valence-electron chi connectivity index (χ2n) is 3.67. The number of nitrogens with zero attached hydrogens (tertiary/aromatic N) is 2. The summed E-state index contributed by atoms with van der Waals surface area (Å²) >= 11 is 0. The smallest absolute Gasteiger partial charge is 0.240 e. The van der Waals surface area contributed by atoms with Crippen molar-refractivity contribution in [1.29, 1.82) is 0 Å². The number of halogens is 1. The van der Waals surface area contributed by atoms with Crippen LogP contribution in [-0.4, -0.2) is 22.4 Å². The lowest BCUT2D eigenvalue weighted by molar-refractivity contribution is 0.268. The third-order valence-electron chi connectivity index (χ3n) is 2.52. The van der Waals surface area contributed by atoms with Gasteiger partial charge in [-0.05, 0) is 26.2 Å². The molecule has 14 heavy (non-hydrogen) atoms. The molecule has 2 unspecified atom stereocenters. The molecule has 0 amide bonds. The average molecular weight is 199 g/mol. The summed E-state index contributed by atoms with van der Waals surface area (Å²) in [5, 5.41) is 6.75. The number of hydrogen-bond acceptors (Lipinski definition) is 4. The van der Waals surface area contributed by atoms with E-state index < -0.39 is 6.17 Å². The van der Waals surface area contributed by atoms with Crippen molar-refractivity contribution < 1.29 is 8.91 Å². The summed E-state index contributed by atoms with van der Waals surface area (Å²) in [6.45, 7) is 2.23. The molecule has 1 fully saturated rings. The van der Waals surface area contributed by atoms with E-state index in [4.69, 9.17) is 4.52 Å². The minimum atomic E-state index is -0.723. The molecule has 4 nitrogen and oxygen atoms in total. The summed E-state index contributed by atoms with van der Waals surface area (Å²) in [5.74, 6) is 1.15. The Morgan fingerprint density at radius 3 is 3.00 bits per heavy atom.